The van der Waals surface area contributed by atoms with Crippen LogP contribution in [0.1, 0.15) is 71.6 Å². The van der Waals surface area contributed by atoms with E-state index in [4.69, 9.17) is 0 Å². The lowest BCUT2D eigenvalue weighted by Crippen LogP contribution is -2.31. The van der Waals surface area contributed by atoms with E-state index in [1.807, 2.05) is 0 Å². The van der Waals surface area contributed by atoms with Gasteiger partial charge in [-0.15, -0.1) is 0 Å². The molecule has 1 fully saturated rings. The Kier molecular flexibility index (Phi) is 9.73. The van der Waals surface area contributed by atoms with Gasteiger partial charge in [0.2, 0.25) is 5.91 Å². The zero-order valence-electron chi connectivity index (χ0n) is 14.5. The van der Waals surface area contributed by atoms with Crippen LogP contribution in [0.4, 0.5) is 0 Å². The summed E-state index contributed by atoms with van der Waals surface area (Å²) < 4.78 is 0. The van der Waals surface area contributed by atoms with E-state index in [0.29, 0.717) is 11.8 Å². The van der Waals surface area contributed by atoms with Gasteiger partial charge in [0.1, 0.15) is 0 Å². The van der Waals surface area contributed by atoms with E-state index in [-0.39, 0.29) is 5.91 Å². The number of hydrogen-bond acceptors (Lipinski definition) is 2. The lowest BCUT2D eigenvalue weighted by atomic mass is 9.92. The van der Waals surface area contributed by atoms with Crippen LogP contribution >= 0.6 is 0 Å². The van der Waals surface area contributed by atoms with Crippen LogP contribution in [0.25, 0.3) is 0 Å². The van der Waals surface area contributed by atoms with Gasteiger partial charge in [0.15, 0.2) is 0 Å². The fraction of sp³-hybridized carbons (Fsp3) is 0.944. The number of nitrogens with one attached hydrogen (secondary N) is 1. The first-order valence-corrected chi connectivity index (χ1v) is 9.10. The second-order valence-corrected chi connectivity index (χ2v) is 6.93. The average Bonchev–Trinajstić information content (AvgIpc) is 2.88. The predicted molar refractivity (Wildman–Crippen MR) is 90.4 cm³/mol. The molecular formula is C18H36N2O. The molecule has 2 atom stereocenters. The minimum atomic E-state index is 0.280. The van der Waals surface area contributed by atoms with Crippen molar-refractivity contribution < 1.29 is 4.79 Å². The average molecular weight is 296 g/mol. The molecule has 3 nitrogen and oxygen atoms in total. The van der Waals surface area contributed by atoms with Crippen molar-refractivity contribution in [2.75, 3.05) is 26.7 Å². The van der Waals surface area contributed by atoms with Crippen molar-refractivity contribution in [2.45, 2.75) is 71.6 Å². The molecular weight excluding hydrogens is 260 g/mol. The molecule has 2 unspecified atom stereocenters. The van der Waals surface area contributed by atoms with Gasteiger partial charge >= 0.3 is 0 Å². The summed E-state index contributed by atoms with van der Waals surface area (Å²) in [5.74, 6) is 1.54. The largest absolute Gasteiger partial charge is 0.356 e. The first-order chi connectivity index (χ1) is 10.2. The number of rotatable bonds is 11. The number of unbranched alkanes of at least 4 members (excludes halogenated alkanes) is 3. The molecule has 3 heteroatoms. The van der Waals surface area contributed by atoms with Crippen LogP contribution in [-0.4, -0.2) is 37.5 Å². The van der Waals surface area contributed by atoms with Crippen molar-refractivity contribution in [3.05, 3.63) is 0 Å². The Bertz CT molecular complexity index is 280. The Balaban J connectivity index is 2.22. The van der Waals surface area contributed by atoms with E-state index in [1.54, 1.807) is 0 Å². The smallest absolute Gasteiger partial charge is 0.220 e. The molecule has 1 N–H and O–H groups in total. The van der Waals surface area contributed by atoms with E-state index >= 15 is 0 Å². The number of hydrogen-bond donors (Lipinski definition) is 1. The molecule has 0 spiro atoms. The molecule has 1 aliphatic rings. The first-order valence-electron chi connectivity index (χ1n) is 9.10. The van der Waals surface area contributed by atoms with Crippen LogP contribution in [0.15, 0.2) is 0 Å². The predicted octanol–water partition coefficient (Wildman–Crippen LogP) is 3.83. The maximum absolute atomic E-state index is 12.2. The highest BCUT2D eigenvalue weighted by atomic mass is 16.1. The van der Waals surface area contributed by atoms with Crippen molar-refractivity contribution in [2.24, 2.45) is 11.8 Å². The Morgan fingerprint density at radius 3 is 2.52 bits per heavy atom. The minimum absolute atomic E-state index is 0.280. The Labute approximate surface area is 131 Å². The Morgan fingerprint density at radius 2 is 1.90 bits per heavy atom. The number of carbonyl (C=O) groups excluding carboxylic acids is 1. The molecule has 1 amide bonds. The summed E-state index contributed by atoms with van der Waals surface area (Å²) in [6.45, 7) is 7.66. The Hall–Kier alpha value is -0.570. The Morgan fingerprint density at radius 1 is 1.19 bits per heavy atom. The van der Waals surface area contributed by atoms with Gasteiger partial charge in [0.25, 0.3) is 0 Å². The van der Waals surface area contributed by atoms with Gasteiger partial charge in [-0.2, -0.15) is 0 Å². The zero-order chi connectivity index (χ0) is 15.5. The molecule has 1 rings (SSSR count). The molecule has 21 heavy (non-hydrogen) atoms. The first kappa shape index (κ1) is 18.5. The molecule has 0 aromatic heterocycles. The molecule has 1 aliphatic heterocycles. The van der Waals surface area contributed by atoms with E-state index in [0.717, 1.165) is 19.5 Å². The molecule has 0 bridgehead atoms. The molecule has 0 aromatic rings. The molecule has 124 valence electrons. The minimum Gasteiger partial charge on any atom is -0.356 e. The summed E-state index contributed by atoms with van der Waals surface area (Å²) >= 11 is 0. The number of likely N-dealkylation sites (tertiary alicyclic amines) is 1. The van der Waals surface area contributed by atoms with Gasteiger partial charge in [-0.25, -0.2) is 0 Å². The third-order valence-electron chi connectivity index (χ3n) is 4.73. The van der Waals surface area contributed by atoms with E-state index < -0.39 is 0 Å². The van der Waals surface area contributed by atoms with Crippen molar-refractivity contribution in [3.8, 4) is 0 Å². The molecule has 1 heterocycles. The maximum Gasteiger partial charge on any atom is 0.220 e. The number of nitrogens with zero attached hydrogens (tertiary/aromatic N) is 1. The van der Waals surface area contributed by atoms with Crippen molar-refractivity contribution in [3.63, 3.8) is 0 Å². The highest BCUT2D eigenvalue weighted by molar-refractivity contribution is 5.76. The maximum atomic E-state index is 12.2. The van der Waals surface area contributed by atoms with Crippen LogP contribution < -0.4 is 5.32 Å². The van der Waals surface area contributed by atoms with Crippen molar-refractivity contribution in [1.29, 1.82) is 0 Å². The van der Waals surface area contributed by atoms with Gasteiger partial charge in [0, 0.05) is 19.5 Å². The fourth-order valence-corrected chi connectivity index (χ4v) is 3.31. The quantitative estimate of drug-likeness (QED) is 0.588. The molecule has 0 aromatic carbocycles. The molecule has 0 radical (unpaired) electrons. The highest BCUT2D eigenvalue weighted by Crippen LogP contribution is 2.20. The molecule has 1 saturated heterocycles. The monoisotopic (exact) mass is 296 g/mol. The topological polar surface area (TPSA) is 32.3 Å². The summed E-state index contributed by atoms with van der Waals surface area (Å²) in [6.07, 6.45) is 10.8. The summed E-state index contributed by atoms with van der Waals surface area (Å²) in [4.78, 5) is 14.5. The van der Waals surface area contributed by atoms with E-state index in [1.165, 1.54) is 57.9 Å². The molecule has 0 aliphatic carbocycles. The van der Waals surface area contributed by atoms with Crippen LogP contribution in [0.3, 0.4) is 0 Å². The fourth-order valence-electron chi connectivity index (χ4n) is 3.31. The van der Waals surface area contributed by atoms with Gasteiger partial charge in [-0.05, 0) is 44.7 Å². The summed E-state index contributed by atoms with van der Waals surface area (Å²) in [7, 11) is 2.16. The van der Waals surface area contributed by atoms with Gasteiger partial charge in [-0.1, -0.05) is 46.0 Å². The second-order valence-electron chi connectivity index (χ2n) is 6.93. The third-order valence-corrected chi connectivity index (χ3v) is 4.73. The van der Waals surface area contributed by atoms with Gasteiger partial charge < -0.3 is 10.2 Å². The van der Waals surface area contributed by atoms with Gasteiger partial charge in [0.05, 0.1) is 0 Å². The number of amides is 1. The van der Waals surface area contributed by atoms with Crippen LogP contribution in [0.5, 0.6) is 0 Å². The van der Waals surface area contributed by atoms with Gasteiger partial charge in [-0.3, -0.25) is 4.79 Å². The third kappa shape index (κ3) is 8.45. The van der Waals surface area contributed by atoms with Crippen molar-refractivity contribution in [1.82, 2.24) is 10.2 Å². The van der Waals surface area contributed by atoms with Crippen LogP contribution in [0, 0.1) is 11.8 Å². The summed E-state index contributed by atoms with van der Waals surface area (Å²) in [5, 5.41) is 3.18. The SMILES string of the molecule is CCCCCC(CCCC)CC(=O)NCC1CCN(C)C1. The molecule has 0 saturated carbocycles. The zero-order valence-corrected chi connectivity index (χ0v) is 14.5. The van der Waals surface area contributed by atoms with Crippen molar-refractivity contribution >= 4 is 5.91 Å². The lowest BCUT2D eigenvalue weighted by molar-refractivity contribution is -0.122. The normalized spacial score (nSPS) is 20.6. The lowest BCUT2D eigenvalue weighted by Gasteiger charge is -2.17. The highest BCUT2D eigenvalue weighted by Gasteiger charge is 2.20. The number of carbonyl (C=O) groups is 1. The van der Waals surface area contributed by atoms with Crippen LogP contribution in [0.2, 0.25) is 0 Å². The van der Waals surface area contributed by atoms with E-state index in [9.17, 15) is 4.79 Å². The summed E-state index contributed by atoms with van der Waals surface area (Å²) in [5.41, 5.74) is 0. The van der Waals surface area contributed by atoms with Crippen LogP contribution in [-0.2, 0) is 4.79 Å². The second kappa shape index (κ2) is 11.1. The standard InChI is InChI=1S/C18H36N2O/c1-4-6-8-10-16(9-7-5-2)13-18(21)19-14-17-11-12-20(3)15-17/h16-17H,4-15H2,1-3H3,(H,19,21). The summed E-state index contributed by atoms with van der Waals surface area (Å²) in [6, 6.07) is 0. The van der Waals surface area contributed by atoms with E-state index in [2.05, 4.69) is 31.1 Å².